The molecule has 3 aromatic rings. The van der Waals surface area contributed by atoms with Crippen LogP contribution in [0.25, 0.3) is 5.69 Å². The number of aliphatic carboxylic acids is 1. The summed E-state index contributed by atoms with van der Waals surface area (Å²) in [6.07, 6.45) is -3.53. The highest BCUT2D eigenvalue weighted by atomic mass is 19.4. The fraction of sp³-hybridized carbons (Fsp3) is 0.440. The average molecular weight is 532 g/mol. The van der Waals surface area contributed by atoms with E-state index in [-0.39, 0.29) is 28.5 Å². The molecule has 0 unspecified atom stereocenters. The van der Waals surface area contributed by atoms with E-state index >= 15 is 0 Å². The molecule has 0 bridgehead atoms. The van der Waals surface area contributed by atoms with Gasteiger partial charge in [-0.25, -0.2) is 4.68 Å². The highest BCUT2D eigenvalue weighted by Gasteiger charge is 2.46. The van der Waals surface area contributed by atoms with Gasteiger partial charge in [0, 0.05) is 37.5 Å². The summed E-state index contributed by atoms with van der Waals surface area (Å²) in [5.41, 5.74) is 6.52. The van der Waals surface area contributed by atoms with E-state index < -0.39 is 24.3 Å². The predicted octanol–water partition coefficient (Wildman–Crippen LogP) is 3.27. The number of aryl methyl sites for hydroxylation is 1. The largest absolute Gasteiger partial charge is 0.480 e. The molecule has 2 atom stereocenters. The Morgan fingerprint density at radius 3 is 2.61 bits per heavy atom. The van der Waals surface area contributed by atoms with Crippen LogP contribution in [0.1, 0.15) is 36.6 Å². The van der Waals surface area contributed by atoms with Crippen LogP contribution < -0.4 is 20.7 Å². The van der Waals surface area contributed by atoms with E-state index in [0.29, 0.717) is 50.4 Å². The fourth-order valence-electron chi connectivity index (χ4n) is 5.23. The van der Waals surface area contributed by atoms with Gasteiger partial charge in [-0.3, -0.25) is 4.79 Å². The number of halogens is 3. The van der Waals surface area contributed by atoms with Crippen LogP contribution in [0.5, 0.6) is 5.88 Å². The Morgan fingerprint density at radius 1 is 1.24 bits per heavy atom. The molecule has 202 valence electrons. The van der Waals surface area contributed by atoms with Gasteiger partial charge in [-0.2, -0.15) is 28.2 Å². The minimum Gasteiger partial charge on any atom is -0.480 e. The van der Waals surface area contributed by atoms with Gasteiger partial charge < -0.3 is 25.8 Å². The van der Waals surface area contributed by atoms with Crippen molar-refractivity contribution in [3.05, 3.63) is 53.9 Å². The van der Waals surface area contributed by atoms with E-state index in [0.717, 1.165) is 0 Å². The summed E-state index contributed by atoms with van der Waals surface area (Å²) >= 11 is 0. The number of carbonyl (C=O) groups is 1. The lowest BCUT2D eigenvalue weighted by atomic mass is 9.76. The number of nitrogens with one attached hydrogen (secondary N) is 1. The topological polar surface area (TPSA) is 131 Å². The lowest BCUT2D eigenvalue weighted by molar-refractivity contribution is -0.198. The second kappa shape index (κ2) is 9.78. The van der Waals surface area contributed by atoms with Gasteiger partial charge in [-0.05, 0) is 43.7 Å². The van der Waals surface area contributed by atoms with Gasteiger partial charge in [0.25, 0.3) is 0 Å². The third-order valence-corrected chi connectivity index (χ3v) is 7.24. The highest BCUT2D eigenvalue weighted by Crippen LogP contribution is 2.42. The number of anilines is 2. The molecule has 0 aliphatic carbocycles. The summed E-state index contributed by atoms with van der Waals surface area (Å²) in [5.74, 6) is -1.00. The molecule has 1 aromatic carbocycles. The molecule has 2 fully saturated rings. The van der Waals surface area contributed by atoms with Crippen LogP contribution in [0.15, 0.2) is 42.6 Å². The summed E-state index contributed by atoms with van der Waals surface area (Å²) in [5, 5.41) is 16.6. The third-order valence-electron chi connectivity index (χ3n) is 7.24. The van der Waals surface area contributed by atoms with Crippen LogP contribution in [-0.2, 0) is 4.79 Å². The Balaban J connectivity index is 1.38. The monoisotopic (exact) mass is 531 g/mol. The Hall–Kier alpha value is -3.87. The number of rotatable bonds is 6. The number of piperidine rings is 1. The first-order valence-electron chi connectivity index (χ1n) is 12.2. The van der Waals surface area contributed by atoms with E-state index in [4.69, 9.17) is 10.5 Å². The third kappa shape index (κ3) is 5.23. The Bertz CT molecular complexity index is 1320. The molecule has 0 radical (unpaired) electrons. The molecule has 10 nitrogen and oxygen atoms in total. The molecule has 0 amide bonds. The first kappa shape index (κ1) is 25.8. The molecule has 4 N–H and O–H groups in total. The van der Waals surface area contributed by atoms with Crippen LogP contribution in [0.2, 0.25) is 0 Å². The normalized spacial score (nSPS) is 20.0. The molecule has 1 spiro atoms. The first-order valence-corrected chi connectivity index (χ1v) is 12.2. The van der Waals surface area contributed by atoms with Gasteiger partial charge in [0.15, 0.2) is 0 Å². The summed E-state index contributed by atoms with van der Waals surface area (Å²) in [7, 11) is 0. The van der Waals surface area contributed by atoms with Crippen molar-refractivity contribution in [2.75, 3.05) is 30.3 Å². The number of carboxylic acid groups (broad SMARTS) is 1. The van der Waals surface area contributed by atoms with Crippen molar-refractivity contribution >= 4 is 17.7 Å². The van der Waals surface area contributed by atoms with Crippen LogP contribution in [0, 0.1) is 12.3 Å². The lowest BCUT2D eigenvalue weighted by Crippen LogP contribution is -2.41. The fourth-order valence-corrected chi connectivity index (χ4v) is 5.23. The number of alkyl halides is 3. The quantitative estimate of drug-likeness (QED) is 0.439. The first-order chi connectivity index (χ1) is 18.0. The van der Waals surface area contributed by atoms with Gasteiger partial charge in [0.2, 0.25) is 17.9 Å². The maximum atomic E-state index is 14.3. The van der Waals surface area contributed by atoms with Crippen molar-refractivity contribution in [3.63, 3.8) is 0 Å². The summed E-state index contributed by atoms with van der Waals surface area (Å²) in [6.45, 7) is 3.46. The number of hydrogen-bond acceptors (Lipinski definition) is 8. The van der Waals surface area contributed by atoms with Gasteiger partial charge in [-0.15, -0.1) is 0 Å². The van der Waals surface area contributed by atoms with Crippen molar-refractivity contribution in [1.29, 1.82) is 0 Å². The Morgan fingerprint density at radius 2 is 1.97 bits per heavy atom. The zero-order chi connectivity index (χ0) is 27.1. The van der Waals surface area contributed by atoms with Crippen LogP contribution in [0.4, 0.5) is 24.9 Å². The van der Waals surface area contributed by atoms with E-state index in [2.05, 4.69) is 20.4 Å². The van der Waals surface area contributed by atoms with E-state index in [9.17, 15) is 23.1 Å². The average Bonchev–Trinajstić information content (AvgIpc) is 3.49. The number of carboxylic acids is 1. The molecule has 38 heavy (non-hydrogen) atoms. The Labute approximate surface area is 216 Å². The van der Waals surface area contributed by atoms with E-state index in [1.807, 2.05) is 4.90 Å². The van der Waals surface area contributed by atoms with Gasteiger partial charge in [-0.1, -0.05) is 18.2 Å². The maximum absolute atomic E-state index is 14.3. The number of aromatic nitrogens is 4. The number of nitrogen functional groups attached to an aromatic ring is 1. The molecule has 0 saturated carbocycles. The molecule has 4 heterocycles. The van der Waals surface area contributed by atoms with Crippen LogP contribution >= 0.6 is 0 Å². The maximum Gasteiger partial charge on any atom is 0.429 e. The molecule has 2 aliphatic rings. The van der Waals surface area contributed by atoms with E-state index in [1.54, 1.807) is 31.3 Å². The molecule has 2 aliphatic heterocycles. The van der Waals surface area contributed by atoms with Crippen LogP contribution in [-0.4, -0.2) is 62.7 Å². The summed E-state index contributed by atoms with van der Waals surface area (Å²) < 4.78 is 49.8. The number of nitrogens with two attached hydrogens (primary N) is 1. The van der Waals surface area contributed by atoms with Crippen LogP contribution in [0.3, 0.4) is 0 Å². The number of benzene rings is 1. The number of ether oxygens (including phenoxy) is 1. The predicted molar refractivity (Wildman–Crippen MR) is 132 cm³/mol. The zero-order valence-electron chi connectivity index (χ0n) is 20.6. The molecule has 2 aromatic heterocycles. The van der Waals surface area contributed by atoms with Crippen molar-refractivity contribution in [3.8, 4) is 11.6 Å². The number of nitrogens with zero attached hydrogens (tertiary/aromatic N) is 5. The number of para-hydroxylation sites is 1. The SMILES string of the molecule is Cc1ccn(-c2ccccc2[C@@H](Oc2cc(N3CCC4(CC3)CN[C@H](C(=O)O)C4)nc(N)n2)C(F)(F)F)n1. The zero-order valence-corrected chi connectivity index (χ0v) is 20.6. The van der Waals surface area contributed by atoms with Gasteiger partial charge in [0.1, 0.15) is 11.9 Å². The summed E-state index contributed by atoms with van der Waals surface area (Å²) in [6, 6.07) is 8.52. The molecule has 5 rings (SSSR count). The smallest absolute Gasteiger partial charge is 0.429 e. The van der Waals surface area contributed by atoms with E-state index in [1.165, 1.54) is 22.9 Å². The molecule has 2 saturated heterocycles. The highest BCUT2D eigenvalue weighted by molar-refractivity contribution is 5.74. The summed E-state index contributed by atoms with van der Waals surface area (Å²) in [4.78, 5) is 21.4. The van der Waals surface area contributed by atoms with Crippen molar-refractivity contribution < 1.29 is 27.8 Å². The molecular formula is C25H28F3N7O3. The van der Waals surface area contributed by atoms with Gasteiger partial charge in [0.05, 0.1) is 11.4 Å². The number of hydrogen-bond donors (Lipinski definition) is 3. The minimum absolute atomic E-state index is 0.122. The van der Waals surface area contributed by atoms with Crippen molar-refractivity contribution in [1.82, 2.24) is 25.1 Å². The lowest BCUT2D eigenvalue weighted by Gasteiger charge is -2.39. The second-order valence-corrected chi connectivity index (χ2v) is 9.89. The standard InChI is InChI=1S/C25H28F3N7O3/c1-15-6-9-35(33-15)18-5-3-2-4-16(18)21(25(26,27)28)38-20-12-19(31-23(29)32-20)34-10-7-24(8-11-34)13-17(22(36)37)30-14-24/h2-6,9,12,17,21,30H,7-8,10-11,13-14H2,1H3,(H,36,37)(H2,29,31,32)/t17-,21+/m0/s1. The molecule has 13 heteroatoms. The Kier molecular flexibility index (Phi) is 6.63. The van der Waals surface area contributed by atoms with Crippen molar-refractivity contribution in [2.45, 2.75) is 44.5 Å². The van der Waals surface area contributed by atoms with Crippen molar-refractivity contribution in [2.24, 2.45) is 5.41 Å². The van der Waals surface area contributed by atoms with Gasteiger partial charge >= 0.3 is 12.1 Å². The second-order valence-electron chi connectivity index (χ2n) is 9.89. The minimum atomic E-state index is -4.76. The molecular weight excluding hydrogens is 503 g/mol.